The molecule has 0 saturated carbocycles. The Hall–Kier alpha value is -2.44. The highest BCUT2D eigenvalue weighted by atomic mass is 19.1. The van der Waals surface area contributed by atoms with Crippen LogP contribution in [0, 0.1) is 5.82 Å². The van der Waals surface area contributed by atoms with E-state index in [1.807, 2.05) is 29.2 Å². The lowest BCUT2D eigenvalue weighted by molar-refractivity contribution is -0.144. The molecule has 4 rings (SSSR count). The SMILES string of the molecule is COc1ccccc1[C@H]1CN(C(=O)C2(c3ccccc3F)CCOCC2)CCN1C. The number of para-hydroxylation sites is 1. The van der Waals surface area contributed by atoms with Gasteiger partial charge in [0.1, 0.15) is 11.6 Å². The van der Waals surface area contributed by atoms with E-state index in [9.17, 15) is 9.18 Å². The van der Waals surface area contributed by atoms with Crippen molar-refractivity contribution in [3.05, 3.63) is 65.5 Å². The van der Waals surface area contributed by atoms with Crippen molar-refractivity contribution < 1.29 is 18.7 Å². The zero-order chi connectivity index (χ0) is 21.1. The Labute approximate surface area is 177 Å². The monoisotopic (exact) mass is 412 g/mol. The number of benzene rings is 2. The molecule has 1 atom stereocenters. The number of hydrogen-bond donors (Lipinski definition) is 0. The maximum Gasteiger partial charge on any atom is 0.233 e. The van der Waals surface area contributed by atoms with Crippen LogP contribution in [-0.4, -0.2) is 62.7 Å². The molecule has 0 aliphatic carbocycles. The van der Waals surface area contributed by atoms with Crippen LogP contribution < -0.4 is 4.74 Å². The summed E-state index contributed by atoms with van der Waals surface area (Å²) in [6.45, 7) is 2.84. The predicted molar refractivity (Wildman–Crippen MR) is 113 cm³/mol. The lowest BCUT2D eigenvalue weighted by atomic mass is 9.72. The number of ether oxygens (including phenoxy) is 2. The van der Waals surface area contributed by atoms with Gasteiger partial charge in [0.2, 0.25) is 5.91 Å². The molecular weight excluding hydrogens is 383 g/mol. The van der Waals surface area contributed by atoms with Gasteiger partial charge in [0.15, 0.2) is 0 Å². The molecule has 0 aromatic heterocycles. The van der Waals surface area contributed by atoms with Crippen LogP contribution in [-0.2, 0) is 14.9 Å². The molecule has 2 saturated heterocycles. The summed E-state index contributed by atoms with van der Waals surface area (Å²) in [5.74, 6) is 0.505. The Bertz CT molecular complexity index is 898. The second kappa shape index (κ2) is 8.74. The van der Waals surface area contributed by atoms with Crippen molar-refractivity contribution >= 4 is 5.91 Å². The van der Waals surface area contributed by atoms with Crippen LogP contribution in [0.5, 0.6) is 5.75 Å². The van der Waals surface area contributed by atoms with E-state index >= 15 is 0 Å². The van der Waals surface area contributed by atoms with Crippen LogP contribution in [0.2, 0.25) is 0 Å². The molecule has 6 heteroatoms. The van der Waals surface area contributed by atoms with E-state index in [0.29, 0.717) is 44.7 Å². The highest BCUT2D eigenvalue weighted by Gasteiger charge is 2.47. The number of rotatable bonds is 4. The van der Waals surface area contributed by atoms with Crippen molar-refractivity contribution in [3.8, 4) is 5.75 Å². The third-order valence-corrected chi connectivity index (χ3v) is 6.58. The number of carbonyl (C=O) groups is 1. The number of methoxy groups -OCH3 is 1. The van der Waals surface area contributed by atoms with E-state index in [4.69, 9.17) is 9.47 Å². The molecule has 2 aromatic rings. The van der Waals surface area contributed by atoms with Gasteiger partial charge >= 0.3 is 0 Å². The molecule has 160 valence electrons. The first-order valence-electron chi connectivity index (χ1n) is 10.5. The van der Waals surface area contributed by atoms with Gasteiger partial charge in [-0.2, -0.15) is 0 Å². The second-order valence-corrected chi connectivity index (χ2v) is 8.16. The van der Waals surface area contributed by atoms with E-state index in [-0.39, 0.29) is 17.8 Å². The normalized spacial score (nSPS) is 22.0. The largest absolute Gasteiger partial charge is 0.496 e. The molecule has 0 unspecified atom stereocenters. The Morgan fingerprint density at radius 1 is 1.10 bits per heavy atom. The van der Waals surface area contributed by atoms with E-state index in [1.165, 1.54) is 6.07 Å². The molecule has 2 fully saturated rings. The van der Waals surface area contributed by atoms with E-state index in [0.717, 1.165) is 17.9 Å². The van der Waals surface area contributed by atoms with Crippen molar-refractivity contribution in [1.29, 1.82) is 0 Å². The fourth-order valence-electron chi connectivity index (χ4n) is 4.81. The van der Waals surface area contributed by atoms with Crippen LogP contribution >= 0.6 is 0 Å². The summed E-state index contributed by atoms with van der Waals surface area (Å²) in [4.78, 5) is 18.1. The number of hydrogen-bond acceptors (Lipinski definition) is 4. The third kappa shape index (κ3) is 3.70. The summed E-state index contributed by atoms with van der Waals surface area (Å²) in [5, 5.41) is 0. The Kier molecular flexibility index (Phi) is 6.06. The van der Waals surface area contributed by atoms with Crippen molar-refractivity contribution in [2.24, 2.45) is 0 Å². The van der Waals surface area contributed by atoms with Crippen LogP contribution in [0.15, 0.2) is 48.5 Å². The summed E-state index contributed by atoms with van der Waals surface area (Å²) in [7, 11) is 3.74. The Balaban J connectivity index is 1.66. The lowest BCUT2D eigenvalue weighted by Gasteiger charge is -2.45. The number of likely N-dealkylation sites (N-methyl/N-ethyl adjacent to an activating group) is 1. The van der Waals surface area contributed by atoms with Gasteiger partial charge in [-0.25, -0.2) is 4.39 Å². The first kappa shape index (κ1) is 20.8. The van der Waals surface area contributed by atoms with Crippen molar-refractivity contribution in [1.82, 2.24) is 9.80 Å². The van der Waals surface area contributed by atoms with E-state index < -0.39 is 5.41 Å². The van der Waals surface area contributed by atoms with Crippen molar-refractivity contribution in [3.63, 3.8) is 0 Å². The van der Waals surface area contributed by atoms with Gasteiger partial charge in [-0.3, -0.25) is 9.69 Å². The molecule has 5 nitrogen and oxygen atoms in total. The molecule has 2 aliphatic heterocycles. The van der Waals surface area contributed by atoms with E-state index in [1.54, 1.807) is 19.2 Å². The zero-order valence-corrected chi connectivity index (χ0v) is 17.6. The second-order valence-electron chi connectivity index (χ2n) is 8.16. The highest BCUT2D eigenvalue weighted by molar-refractivity contribution is 5.88. The smallest absolute Gasteiger partial charge is 0.233 e. The summed E-state index contributed by atoms with van der Waals surface area (Å²) < 4.78 is 25.9. The number of amides is 1. The maximum absolute atomic E-state index is 14.8. The average molecular weight is 413 g/mol. The van der Waals surface area contributed by atoms with Gasteiger partial charge in [0.25, 0.3) is 0 Å². The molecular formula is C24H29FN2O3. The summed E-state index contributed by atoms with van der Waals surface area (Å²) in [5.41, 5.74) is 0.683. The van der Waals surface area contributed by atoms with Gasteiger partial charge in [-0.1, -0.05) is 36.4 Å². The van der Waals surface area contributed by atoms with Gasteiger partial charge < -0.3 is 14.4 Å². The van der Waals surface area contributed by atoms with Gasteiger partial charge in [0.05, 0.1) is 18.6 Å². The van der Waals surface area contributed by atoms with Gasteiger partial charge in [-0.15, -0.1) is 0 Å². The van der Waals surface area contributed by atoms with Crippen molar-refractivity contribution in [2.45, 2.75) is 24.3 Å². The summed E-state index contributed by atoms with van der Waals surface area (Å²) in [6, 6.07) is 14.6. The molecule has 2 heterocycles. The molecule has 0 radical (unpaired) electrons. The zero-order valence-electron chi connectivity index (χ0n) is 17.6. The topological polar surface area (TPSA) is 42.0 Å². The van der Waals surface area contributed by atoms with Crippen LogP contribution in [0.4, 0.5) is 4.39 Å². The van der Waals surface area contributed by atoms with Gasteiger partial charge in [-0.05, 0) is 32.0 Å². The van der Waals surface area contributed by atoms with Crippen LogP contribution in [0.1, 0.15) is 30.0 Å². The quantitative estimate of drug-likeness (QED) is 0.772. The molecule has 0 N–H and O–H groups in total. The molecule has 0 bridgehead atoms. The number of piperazine rings is 1. The lowest BCUT2D eigenvalue weighted by Crippen LogP contribution is -2.56. The fraction of sp³-hybridized carbons (Fsp3) is 0.458. The Morgan fingerprint density at radius 2 is 1.80 bits per heavy atom. The number of nitrogens with zero attached hydrogens (tertiary/aromatic N) is 2. The highest BCUT2D eigenvalue weighted by Crippen LogP contribution is 2.40. The summed E-state index contributed by atoms with van der Waals surface area (Å²) in [6.07, 6.45) is 0.997. The molecule has 30 heavy (non-hydrogen) atoms. The first-order chi connectivity index (χ1) is 14.6. The number of halogens is 1. The molecule has 0 spiro atoms. The minimum atomic E-state index is -0.870. The van der Waals surface area contributed by atoms with Crippen LogP contribution in [0.25, 0.3) is 0 Å². The standard InChI is InChI=1S/C24H29FN2O3/c1-26-13-14-27(17-21(26)18-7-3-6-10-22(18)29-2)23(28)24(11-15-30-16-12-24)19-8-4-5-9-20(19)25/h3-10,21H,11-17H2,1-2H3/t21-/m1/s1. The van der Waals surface area contributed by atoms with Crippen molar-refractivity contribution in [2.75, 3.05) is 47.0 Å². The minimum absolute atomic E-state index is 0.00361. The average Bonchev–Trinajstić information content (AvgIpc) is 2.79. The third-order valence-electron chi connectivity index (χ3n) is 6.58. The van der Waals surface area contributed by atoms with E-state index in [2.05, 4.69) is 18.0 Å². The fourth-order valence-corrected chi connectivity index (χ4v) is 4.81. The Morgan fingerprint density at radius 3 is 2.53 bits per heavy atom. The molecule has 1 amide bonds. The maximum atomic E-state index is 14.8. The summed E-state index contributed by atoms with van der Waals surface area (Å²) >= 11 is 0. The van der Waals surface area contributed by atoms with Gasteiger partial charge in [0, 0.05) is 44.0 Å². The first-order valence-corrected chi connectivity index (χ1v) is 10.5. The molecule has 2 aromatic carbocycles. The van der Waals surface area contributed by atoms with Crippen LogP contribution in [0.3, 0.4) is 0 Å². The minimum Gasteiger partial charge on any atom is -0.496 e. The predicted octanol–water partition coefficient (Wildman–Crippen LogP) is 3.40. The number of carbonyl (C=O) groups excluding carboxylic acids is 1. The molecule has 2 aliphatic rings.